The number of nitrogens with zero attached hydrogens (tertiary/aromatic N) is 1. The number of anilines is 1. The van der Waals surface area contributed by atoms with Crippen LogP contribution in [0.4, 0.5) is 5.69 Å². The zero-order valence-corrected chi connectivity index (χ0v) is 14.7. The molecule has 0 amide bonds. The van der Waals surface area contributed by atoms with Gasteiger partial charge in [0.05, 0.1) is 22.9 Å². The van der Waals surface area contributed by atoms with Crippen LogP contribution >= 0.6 is 61.5 Å². The molecule has 0 aliphatic rings. The monoisotopic (exact) mass is 458 g/mol. The molecule has 1 aromatic heterocycles. The van der Waals surface area contributed by atoms with E-state index in [0.29, 0.717) is 11.0 Å². The third-order valence-corrected chi connectivity index (χ3v) is 4.56. The summed E-state index contributed by atoms with van der Waals surface area (Å²) in [6, 6.07) is 4.00. The summed E-state index contributed by atoms with van der Waals surface area (Å²) in [5.41, 5.74) is 0.945. The summed E-state index contributed by atoms with van der Waals surface area (Å²) < 4.78 is 8.02. The molecule has 0 unspecified atom stereocenters. The fraction of sp³-hybridized carbons (Fsp3) is 0.182. The topological polar surface area (TPSA) is 34.1 Å². The average molecular weight is 460 g/mol. The van der Waals surface area contributed by atoms with Gasteiger partial charge in [0.1, 0.15) is 0 Å². The van der Waals surface area contributed by atoms with Crippen LogP contribution in [0.1, 0.15) is 4.88 Å². The van der Waals surface area contributed by atoms with Crippen molar-refractivity contribution in [2.75, 3.05) is 12.4 Å². The Kier molecular flexibility index (Phi) is 5.11. The van der Waals surface area contributed by atoms with E-state index in [9.17, 15) is 0 Å². The van der Waals surface area contributed by atoms with E-state index in [-0.39, 0.29) is 0 Å². The van der Waals surface area contributed by atoms with Crippen LogP contribution in [0.15, 0.2) is 22.8 Å². The van der Waals surface area contributed by atoms with Crippen molar-refractivity contribution in [3.63, 3.8) is 0 Å². The van der Waals surface area contributed by atoms with Crippen molar-refractivity contribution >= 4 is 67.1 Å². The summed E-state index contributed by atoms with van der Waals surface area (Å²) in [5, 5.41) is 3.33. The van der Waals surface area contributed by atoms with E-state index in [2.05, 4.69) is 48.8 Å². The number of nitrogens with one attached hydrogen (secondary N) is 1. The minimum Gasteiger partial charge on any atom is -0.493 e. The Morgan fingerprint density at radius 3 is 2.94 bits per heavy atom. The third kappa shape index (κ3) is 3.49. The lowest BCUT2D eigenvalue weighted by Gasteiger charge is -2.12. The summed E-state index contributed by atoms with van der Waals surface area (Å²) in [7, 11) is 1.67. The van der Waals surface area contributed by atoms with E-state index in [1.165, 1.54) is 11.3 Å². The Morgan fingerprint density at radius 2 is 2.33 bits per heavy atom. The average Bonchev–Trinajstić information content (AvgIpc) is 2.72. The van der Waals surface area contributed by atoms with Crippen molar-refractivity contribution in [3.8, 4) is 5.75 Å². The molecule has 2 rings (SSSR count). The van der Waals surface area contributed by atoms with Gasteiger partial charge >= 0.3 is 0 Å². The van der Waals surface area contributed by atoms with Gasteiger partial charge in [0.15, 0.2) is 10.2 Å². The number of thiazole rings is 1. The standard InChI is InChI=1S/C11H9BrClIN2OS/c1-17-10-8(14)2-6(12)3-9(10)15-4-7-5-16-11(13)18-7/h2-3,5,15H,4H2,1H3. The molecule has 96 valence electrons. The maximum Gasteiger partial charge on any atom is 0.183 e. The van der Waals surface area contributed by atoms with Crippen LogP contribution in [0, 0.1) is 3.57 Å². The van der Waals surface area contributed by atoms with Gasteiger partial charge in [-0.3, -0.25) is 0 Å². The molecule has 1 heterocycles. The van der Waals surface area contributed by atoms with Gasteiger partial charge in [0.25, 0.3) is 0 Å². The Bertz CT molecular complexity index is 564. The molecule has 0 radical (unpaired) electrons. The molecule has 18 heavy (non-hydrogen) atoms. The lowest BCUT2D eigenvalue weighted by molar-refractivity contribution is 0.413. The van der Waals surface area contributed by atoms with Gasteiger partial charge in [-0.2, -0.15) is 0 Å². The fourth-order valence-electron chi connectivity index (χ4n) is 1.45. The van der Waals surface area contributed by atoms with Crippen molar-refractivity contribution in [1.82, 2.24) is 4.98 Å². The molecule has 0 saturated carbocycles. The lowest BCUT2D eigenvalue weighted by Crippen LogP contribution is -2.01. The molecule has 0 aliphatic carbocycles. The first-order valence-corrected chi connectivity index (χ1v) is 8.04. The van der Waals surface area contributed by atoms with Crippen molar-refractivity contribution in [2.24, 2.45) is 0 Å². The molecule has 0 spiro atoms. The van der Waals surface area contributed by atoms with E-state index < -0.39 is 0 Å². The molecule has 0 saturated heterocycles. The molecular formula is C11H9BrClIN2OS. The van der Waals surface area contributed by atoms with Gasteiger partial charge in [-0.05, 0) is 34.7 Å². The molecule has 0 bridgehead atoms. The van der Waals surface area contributed by atoms with Crippen LogP contribution < -0.4 is 10.1 Å². The van der Waals surface area contributed by atoms with Gasteiger partial charge in [0, 0.05) is 15.5 Å². The Balaban J connectivity index is 2.18. The molecule has 0 fully saturated rings. The summed E-state index contributed by atoms with van der Waals surface area (Å²) >= 11 is 13.0. The molecule has 0 aliphatic heterocycles. The van der Waals surface area contributed by atoms with E-state index in [1.807, 2.05) is 12.1 Å². The van der Waals surface area contributed by atoms with E-state index in [4.69, 9.17) is 16.3 Å². The van der Waals surface area contributed by atoms with Crippen LogP contribution in [-0.2, 0) is 6.54 Å². The van der Waals surface area contributed by atoms with Crippen molar-refractivity contribution in [3.05, 3.63) is 35.7 Å². The number of benzene rings is 1. The van der Waals surface area contributed by atoms with E-state index >= 15 is 0 Å². The number of methoxy groups -OCH3 is 1. The number of hydrogen-bond acceptors (Lipinski definition) is 4. The molecule has 3 nitrogen and oxygen atoms in total. The van der Waals surface area contributed by atoms with E-state index in [0.717, 1.165) is 24.4 Å². The highest BCUT2D eigenvalue weighted by atomic mass is 127. The number of hydrogen-bond donors (Lipinski definition) is 1. The summed E-state index contributed by atoms with van der Waals surface area (Å²) in [6.45, 7) is 0.674. The van der Waals surface area contributed by atoms with Crippen molar-refractivity contribution in [1.29, 1.82) is 0 Å². The lowest BCUT2D eigenvalue weighted by atomic mass is 10.3. The fourth-order valence-corrected chi connectivity index (χ4v) is 4.10. The minimum absolute atomic E-state index is 0.558. The highest BCUT2D eigenvalue weighted by Crippen LogP contribution is 2.34. The van der Waals surface area contributed by atoms with Gasteiger partial charge < -0.3 is 10.1 Å². The summed E-state index contributed by atoms with van der Waals surface area (Å²) in [4.78, 5) is 5.09. The predicted octanol–water partition coefficient (Wildman–Crippen LogP) is 4.78. The first kappa shape index (κ1) is 14.4. The highest BCUT2D eigenvalue weighted by molar-refractivity contribution is 14.1. The maximum absolute atomic E-state index is 5.80. The Labute approximate surface area is 136 Å². The second-order valence-corrected chi connectivity index (χ2v) is 7.18. The number of halogens is 3. The van der Waals surface area contributed by atoms with Gasteiger partial charge in [-0.25, -0.2) is 4.98 Å². The van der Waals surface area contributed by atoms with Crippen LogP contribution in [-0.4, -0.2) is 12.1 Å². The molecule has 0 atom stereocenters. The zero-order chi connectivity index (χ0) is 13.1. The number of aromatic nitrogens is 1. The number of ether oxygens (including phenoxy) is 1. The zero-order valence-electron chi connectivity index (χ0n) is 9.34. The second kappa shape index (κ2) is 6.40. The van der Waals surface area contributed by atoms with Crippen LogP contribution in [0.25, 0.3) is 0 Å². The molecule has 1 N–H and O–H groups in total. The number of rotatable bonds is 4. The normalized spacial score (nSPS) is 10.4. The molecule has 1 aromatic carbocycles. The predicted molar refractivity (Wildman–Crippen MR) is 87.9 cm³/mol. The largest absolute Gasteiger partial charge is 0.493 e. The smallest absolute Gasteiger partial charge is 0.183 e. The van der Waals surface area contributed by atoms with E-state index in [1.54, 1.807) is 13.3 Å². The first-order chi connectivity index (χ1) is 8.60. The second-order valence-electron chi connectivity index (χ2n) is 3.40. The summed E-state index contributed by atoms with van der Waals surface area (Å²) in [6.07, 6.45) is 1.77. The van der Waals surface area contributed by atoms with Crippen molar-refractivity contribution in [2.45, 2.75) is 6.54 Å². The third-order valence-electron chi connectivity index (χ3n) is 2.19. The van der Waals surface area contributed by atoms with Crippen LogP contribution in [0.3, 0.4) is 0 Å². The van der Waals surface area contributed by atoms with Crippen LogP contribution in [0.5, 0.6) is 5.75 Å². The van der Waals surface area contributed by atoms with Gasteiger partial charge in [-0.15, -0.1) is 11.3 Å². The molecule has 7 heteroatoms. The van der Waals surface area contributed by atoms with Gasteiger partial charge in [0.2, 0.25) is 0 Å². The Hall–Kier alpha value is -0.0500. The molecular weight excluding hydrogens is 450 g/mol. The SMILES string of the molecule is COc1c(I)cc(Br)cc1NCc1cnc(Cl)s1. The maximum atomic E-state index is 5.80. The molecule has 2 aromatic rings. The highest BCUT2D eigenvalue weighted by Gasteiger charge is 2.09. The van der Waals surface area contributed by atoms with Gasteiger partial charge in [-0.1, -0.05) is 27.5 Å². The van der Waals surface area contributed by atoms with Crippen LogP contribution in [0.2, 0.25) is 4.47 Å². The minimum atomic E-state index is 0.558. The quantitative estimate of drug-likeness (QED) is 0.668. The Morgan fingerprint density at radius 1 is 1.56 bits per heavy atom. The first-order valence-electron chi connectivity index (χ1n) is 4.97. The summed E-state index contributed by atoms with van der Waals surface area (Å²) in [5.74, 6) is 0.842. The van der Waals surface area contributed by atoms with Crippen molar-refractivity contribution < 1.29 is 4.74 Å².